The number of rotatable bonds is 6. The van der Waals surface area contributed by atoms with Crippen molar-refractivity contribution in [2.75, 3.05) is 0 Å². The van der Waals surface area contributed by atoms with Gasteiger partial charge in [-0.1, -0.05) is 54.4 Å². The van der Waals surface area contributed by atoms with E-state index >= 15 is 0 Å². The van der Waals surface area contributed by atoms with Crippen LogP contribution in [0, 0.1) is 0 Å². The van der Waals surface area contributed by atoms with Crippen LogP contribution >= 0.6 is 23.2 Å². The second-order valence-corrected chi connectivity index (χ2v) is 6.40. The molecule has 1 unspecified atom stereocenters. The molecule has 0 fully saturated rings. The first-order valence-corrected chi connectivity index (χ1v) is 8.71. The molecule has 2 aromatic rings. The van der Waals surface area contributed by atoms with Crippen LogP contribution in [0.2, 0.25) is 10.0 Å². The van der Waals surface area contributed by atoms with E-state index in [1.54, 1.807) is 25.1 Å². The summed E-state index contributed by atoms with van der Waals surface area (Å²) in [7, 11) is 0. The molecule has 0 aliphatic rings. The van der Waals surface area contributed by atoms with Crippen LogP contribution in [0.4, 0.5) is 0 Å². The van der Waals surface area contributed by atoms with E-state index in [1.165, 1.54) is 5.56 Å². The number of hydrazone groups is 1. The third-order valence-corrected chi connectivity index (χ3v) is 4.21. The Labute approximate surface area is 157 Å². The monoisotopic (exact) mass is 378 g/mol. The predicted octanol–water partition coefficient (Wildman–Crippen LogP) is 4.86. The predicted molar refractivity (Wildman–Crippen MR) is 103 cm³/mol. The molecule has 1 N–H and O–H groups in total. The molecule has 6 heteroatoms. The van der Waals surface area contributed by atoms with Gasteiger partial charge in [0.1, 0.15) is 5.75 Å². The minimum absolute atomic E-state index is 0.350. The molecule has 1 atom stereocenters. The lowest BCUT2D eigenvalue weighted by Gasteiger charge is -2.14. The summed E-state index contributed by atoms with van der Waals surface area (Å²) >= 11 is 11.9. The first-order valence-electron chi connectivity index (χ1n) is 7.96. The molecule has 4 nitrogen and oxygen atoms in total. The third kappa shape index (κ3) is 5.48. The quantitative estimate of drug-likeness (QED) is 0.576. The lowest BCUT2D eigenvalue weighted by Crippen LogP contribution is -2.34. The van der Waals surface area contributed by atoms with Crippen molar-refractivity contribution in [3.05, 3.63) is 63.6 Å². The van der Waals surface area contributed by atoms with Gasteiger partial charge in [0.25, 0.3) is 5.91 Å². The maximum Gasteiger partial charge on any atom is 0.280 e. The maximum absolute atomic E-state index is 12.1. The highest BCUT2D eigenvalue weighted by atomic mass is 35.5. The number of benzene rings is 2. The van der Waals surface area contributed by atoms with Crippen molar-refractivity contribution in [3.63, 3.8) is 0 Å². The van der Waals surface area contributed by atoms with Crippen LogP contribution in [0.1, 0.15) is 31.9 Å². The molecule has 2 aromatic carbocycles. The number of hydrogen-bond acceptors (Lipinski definition) is 3. The Balaban J connectivity index is 1.97. The largest absolute Gasteiger partial charge is 0.479 e. The minimum atomic E-state index is -0.752. The van der Waals surface area contributed by atoms with Gasteiger partial charge >= 0.3 is 0 Å². The van der Waals surface area contributed by atoms with Crippen LogP contribution in [0.25, 0.3) is 0 Å². The van der Waals surface area contributed by atoms with Gasteiger partial charge in [-0.3, -0.25) is 4.79 Å². The Bertz CT molecular complexity index is 773. The van der Waals surface area contributed by atoms with E-state index in [0.29, 0.717) is 21.5 Å². The number of carbonyl (C=O) groups is 1. The third-order valence-electron chi connectivity index (χ3n) is 3.68. The van der Waals surface area contributed by atoms with Gasteiger partial charge in [-0.05, 0) is 49.6 Å². The van der Waals surface area contributed by atoms with E-state index in [1.807, 2.05) is 31.2 Å². The van der Waals surface area contributed by atoms with Crippen LogP contribution in [-0.4, -0.2) is 17.7 Å². The zero-order valence-corrected chi connectivity index (χ0v) is 15.9. The van der Waals surface area contributed by atoms with Gasteiger partial charge in [-0.25, -0.2) is 5.43 Å². The maximum atomic E-state index is 12.1. The van der Waals surface area contributed by atoms with Gasteiger partial charge in [0.15, 0.2) is 6.10 Å². The molecule has 0 heterocycles. The second-order valence-electron chi connectivity index (χ2n) is 5.56. The summed E-state index contributed by atoms with van der Waals surface area (Å²) in [4.78, 5) is 12.1. The zero-order chi connectivity index (χ0) is 18.4. The molecule has 0 aromatic heterocycles. The SMILES string of the molecule is CCc1ccc(C(C)=NNC(=O)C(C)Oc2ccc(Cl)cc2Cl)cc1. The van der Waals surface area contributed by atoms with E-state index in [0.717, 1.165) is 12.0 Å². The van der Waals surface area contributed by atoms with E-state index in [2.05, 4.69) is 17.5 Å². The Hall–Kier alpha value is -2.04. The summed E-state index contributed by atoms with van der Waals surface area (Å²) in [5.74, 6) is 0.0279. The van der Waals surface area contributed by atoms with E-state index in [-0.39, 0.29) is 5.91 Å². The number of aryl methyl sites for hydroxylation is 1. The van der Waals surface area contributed by atoms with Gasteiger partial charge in [0.2, 0.25) is 0 Å². The van der Waals surface area contributed by atoms with Crippen molar-refractivity contribution in [2.45, 2.75) is 33.3 Å². The van der Waals surface area contributed by atoms with Crippen LogP contribution in [0.3, 0.4) is 0 Å². The Morgan fingerprint density at radius 2 is 1.88 bits per heavy atom. The summed E-state index contributed by atoms with van der Waals surface area (Å²) in [6.07, 6.45) is 0.229. The molecule has 1 amide bonds. The number of nitrogens with one attached hydrogen (secondary N) is 1. The normalized spacial score (nSPS) is 12.6. The van der Waals surface area contributed by atoms with Crippen molar-refractivity contribution in [1.29, 1.82) is 0 Å². The molecule has 0 bridgehead atoms. The standard InChI is InChI=1S/C19H20Cl2N2O2/c1-4-14-5-7-15(8-6-14)12(2)22-23-19(24)13(3)25-18-10-9-16(20)11-17(18)21/h5-11,13H,4H2,1-3H3,(H,23,24). The molecule has 25 heavy (non-hydrogen) atoms. The first kappa shape index (κ1) is 19.3. The molecule has 132 valence electrons. The zero-order valence-electron chi connectivity index (χ0n) is 14.3. The fraction of sp³-hybridized carbons (Fsp3) is 0.263. The van der Waals surface area contributed by atoms with E-state index in [9.17, 15) is 4.79 Å². The number of carbonyl (C=O) groups excluding carboxylic acids is 1. The smallest absolute Gasteiger partial charge is 0.280 e. The molecule has 0 aliphatic heterocycles. The van der Waals surface area contributed by atoms with Gasteiger partial charge in [0.05, 0.1) is 10.7 Å². The first-order chi connectivity index (χ1) is 11.9. The molecule has 0 radical (unpaired) electrons. The lowest BCUT2D eigenvalue weighted by atomic mass is 10.1. The van der Waals surface area contributed by atoms with Crippen LogP contribution in [0.15, 0.2) is 47.6 Å². The fourth-order valence-corrected chi connectivity index (χ4v) is 2.54. The molecule has 0 spiro atoms. The van der Waals surface area contributed by atoms with Crippen LogP contribution in [0.5, 0.6) is 5.75 Å². The summed E-state index contributed by atoms with van der Waals surface area (Å²) in [5.41, 5.74) is 5.43. The molecule has 2 rings (SSSR count). The Morgan fingerprint density at radius 3 is 2.48 bits per heavy atom. The average molecular weight is 379 g/mol. The van der Waals surface area contributed by atoms with Crippen LogP contribution < -0.4 is 10.2 Å². The number of amides is 1. The minimum Gasteiger partial charge on any atom is -0.479 e. The number of hydrogen-bond donors (Lipinski definition) is 1. The van der Waals surface area contributed by atoms with Gasteiger partial charge in [0, 0.05) is 5.02 Å². The molecular weight excluding hydrogens is 359 g/mol. The van der Waals surface area contributed by atoms with Crippen molar-refractivity contribution in [2.24, 2.45) is 5.10 Å². The van der Waals surface area contributed by atoms with Crippen LogP contribution in [-0.2, 0) is 11.2 Å². The Kier molecular flexibility index (Phi) is 6.85. The summed E-state index contributed by atoms with van der Waals surface area (Å²) in [6.45, 7) is 5.56. The fourth-order valence-electron chi connectivity index (χ4n) is 2.09. The van der Waals surface area contributed by atoms with E-state index in [4.69, 9.17) is 27.9 Å². The Morgan fingerprint density at radius 1 is 1.20 bits per heavy atom. The van der Waals surface area contributed by atoms with Gasteiger partial charge in [-0.2, -0.15) is 5.10 Å². The summed E-state index contributed by atoms with van der Waals surface area (Å²) in [6, 6.07) is 12.9. The average Bonchev–Trinajstić information content (AvgIpc) is 2.61. The highest BCUT2D eigenvalue weighted by Crippen LogP contribution is 2.28. The van der Waals surface area contributed by atoms with Crippen molar-refractivity contribution >= 4 is 34.8 Å². The molecular formula is C19H20Cl2N2O2. The number of nitrogens with zero attached hydrogens (tertiary/aromatic N) is 1. The highest BCUT2D eigenvalue weighted by molar-refractivity contribution is 6.35. The van der Waals surface area contributed by atoms with Crippen molar-refractivity contribution in [3.8, 4) is 5.75 Å². The van der Waals surface area contributed by atoms with Gasteiger partial charge < -0.3 is 4.74 Å². The molecule has 0 saturated carbocycles. The number of halogens is 2. The topological polar surface area (TPSA) is 50.7 Å². The lowest BCUT2D eigenvalue weighted by molar-refractivity contribution is -0.127. The second kappa shape index (κ2) is 8.88. The molecule has 0 saturated heterocycles. The molecule has 0 aliphatic carbocycles. The number of ether oxygens (including phenoxy) is 1. The van der Waals surface area contributed by atoms with E-state index < -0.39 is 6.10 Å². The van der Waals surface area contributed by atoms with Crippen molar-refractivity contribution in [1.82, 2.24) is 5.43 Å². The summed E-state index contributed by atoms with van der Waals surface area (Å²) in [5, 5.41) is 4.99. The van der Waals surface area contributed by atoms with Gasteiger partial charge in [-0.15, -0.1) is 0 Å². The van der Waals surface area contributed by atoms with Crippen molar-refractivity contribution < 1.29 is 9.53 Å². The highest BCUT2D eigenvalue weighted by Gasteiger charge is 2.16. The summed E-state index contributed by atoms with van der Waals surface area (Å²) < 4.78 is 5.56.